The second-order valence-corrected chi connectivity index (χ2v) is 7.60. The van der Waals surface area contributed by atoms with Crippen LogP contribution in [0.15, 0.2) is 59.3 Å². The lowest BCUT2D eigenvalue weighted by molar-refractivity contribution is 0.185. The van der Waals surface area contributed by atoms with Crippen molar-refractivity contribution in [2.75, 3.05) is 13.1 Å². The Kier molecular flexibility index (Phi) is 4.58. The molecule has 0 unspecified atom stereocenters. The topological polar surface area (TPSA) is 59.5 Å². The van der Waals surface area contributed by atoms with E-state index in [1.807, 2.05) is 48.7 Å². The number of likely N-dealkylation sites (tertiary alicyclic amines) is 1. The summed E-state index contributed by atoms with van der Waals surface area (Å²) in [5, 5.41) is 9.40. The Morgan fingerprint density at radius 1 is 1.07 bits per heavy atom. The zero-order valence-electron chi connectivity index (χ0n) is 15.3. The predicted octanol–water partition coefficient (Wildman–Crippen LogP) is 4.42. The standard InChI is InChI=1S/C21H20ClN5O/c22-17-5-3-4-16(12-17)18-13-23-20(28-18)14-26-10-7-15(8-11-26)21-25-24-19-6-1-2-9-27(19)21/h1-6,9,12-13,15H,7-8,10-11,14H2. The minimum atomic E-state index is 0.431. The SMILES string of the molecule is Clc1cccc(-c2cnc(CN3CCC(c4nnc5ccccn45)CC3)o2)c1. The number of pyridine rings is 1. The summed E-state index contributed by atoms with van der Waals surface area (Å²) in [6.45, 7) is 2.69. The molecular formula is C21H20ClN5O. The Morgan fingerprint density at radius 3 is 2.82 bits per heavy atom. The summed E-state index contributed by atoms with van der Waals surface area (Å²) < 4.78 is 8.05. The monoisotopic (exact) mass is 393 g/mol. The Hall–Kier alpha value is -2.70. The van der Waals surface area contributed by atoms with Gasteiger partial charge in [0.05, 0.1) is 12.7 Å². The van der Waals surface area contributed by atoms with Gasteiger partial charge in [-0.25, -0.2) is 4.98 Å². The largest absolute Gasteiger partial charge is 0.439 e. The van der Waals surface area contributed by atoms with Crippen LogP contribution in [0.4, 0.5) is 0 Å². The van der Waals surface area contributed by atoms with E-state index in [9.17, 15) is 0 Å². The molecule has 1 aliphatic heterocycles. The first-order valence-electron chi connectivity index (χ1n) is 9.49. The van der Waals surface area contributed by atoms with Crippen molar-refractivity contribution in [1.29, 1.82) is 0 Å². The molecule has 1 aliphatic rings. The van der Waals surface area contributed by atoms with Crippen LogP contribution in [0.25, 0.3) is 17.0 Å². The van der Waals surface area contributed by atoms with Crippen LogP contribution < -0.4 is 0 Å². The van der Waals surface area contributed by atoms with Crippen molar-refractivity contribution in [3.8, 4) is 11.3 Å². The zero-order valence-corrected chi connectivity index (χ0v) is 16.1. The maximum atomic E-state index is 6.07. The Balaban J connectivity index is 1.23. The van der Waals surface area contributed by atoms with E-state index in [0.29, 0.717) is 17.5 Å². The Labute approximate surface area is 167 Å². The van der Waals surface area contributed by atoms with Crippen molar-refractivity contribution in [1.82, 2.24) is 24.5 Å². The first-order chi connectivity index (χ1) is 13.8. The molecule has 0 saturated carbocycles. The summed E-state index contributed by atoms with van der Waals surface area (Å²) in [7, 11) is 0. The van der Waals surface area contributed by atoms with Crippen molar-refractivity contribution in [2.45, 2.75) is 25.3 Å². The molecule has 5 rings (SSSR count). The van der Waals surface area contributed by atoms with Gasteiger partial charge in [0.1, 0.15) is 5.82 Å². The van der Waals surface area contributed by atoms with E-state index >= 15 is 0 Å². The minimum absolute atomic E-state index is 0.431. The van der Waals surface area contributed by atoms with Crippen LogP contribution in [-0.4, -0.2) is 37.6 Å². The molecule has 0 spiro atoms. The fourth-order valence-corrected chi connectivity index (χ4v) is 4.03. The second-order valence-electron chi connectivity index (χ2n) is 7.17. The van der Waals surface area contributed by atoms with Gasteiger partial charge in [-0.1, -0.05) is 29.8 Å². The number of oxazole rings is 1. The maximum absolute atomic E-state index is 6.07. The average molecular weight is 394 g/mol. The Morgan fingerprint density at radius 2 is 1.96 bits per heavy atom. The molecule has 6 nitrogen and oxygen atoms in total. The van der Waals surface area contributed by atoms with Gasteiger partial charge in [0.25, 0.3) is 0 Å². The fraction of sp³-hybridized carbons (Fsp3) is 0.286. The molecule has 1 aromatic carbocycles. The van der Waals surface area contributed by atoms with E-state index in [4.69, 9.17) is 16.0 Å². The van der Waals surface area contributed by atoms with E-state index in [-0.39, 0.29) is 0 Å². The quantitative estimate of drug-likeness (QED) is 0.513. The molecule has 0 amide bonds. The van der Waals surface area contributed by atoms with Crippen LogP contribution in [0, 0.1) is 0 Å². The maximum Gasteiger partial charge on any atom is 0.209 e. The van der Waals surface area contributed by atoms with Gasteiger partial charge in [0.15, 0.2) is 11.4 Å². The smallest absolute Gasteiger partial charge is 0.209 e. The number of halogens is 1. The summed E-state index contributed by atoms with van der Waals surface area (Å²) >= 11 is 6.07. The molecule has 28 heavy (non-hydrogen) atoms. The number of rotatable bonds is 4. The van der Waals surface area contributed by atoms with Gasteiger partial charge < -0.3 is 4.42 Å². The molecule has 142 valence electrons. The van der Waals surface area contributed by atoms with Gasteiger partial charge in [-0.05, 0) is 50.2 Å². The average Bonchev–Trinajstić information content (AvgIpc) is 3.36. The van der Waals surface area contributed by atoms with Gasteiger partial charge in [0.2, 0.25) is 5.89 Å². The highest BCUT2D eigenvalue weighted by Gasteiger charge is 2.25. The molecular weight excluding hydrogens is 374 g/mol. The van der Waals surface area contributed by atoms with Crippen LogP contribution >= 0.6 is 11.6 Å². The molecule has 0 atom stereocenters. The lowest BCUT2D eigenvalue weighted by Crippen LogP contribution is -2.33. The Bertz CT molecular complexity index is 1100. The molecule has 0 bridgehead atoms. The molecule has 1 fully saturated rings. The van der Waals surface area contributed by atoms with Gasteiger partial charge in [-0.15, -0.1) is 10.2 Å². The van der Waals surface area contributed by atoms with Crippen molar-refractivity contribution in [3.05, 3.63) is 71.6 Å². The highest BCUT2D eigenvalue weighted by molar-refractivity contribution is 6.30. The predicted molar refractivity (Wildman–Crippen MR) is 107 cm³/mol. The minimum Gasteiger partial charge on any atom is -0.439 e. The van der Waals surface area contributed by atoms with E-state index in [2.05, 4.69) is 24.5 Å². The number of piperidine rings is 1. The number of aromatic nitrogens is 4. The lowest BCUT2D eigenvalue weighted by Gasteiger charge is -2.30. The number of hydrogen-bond donors (Lipinski definition) is 0. The summed E-state index contributed by atoms with van der Waals surface area (Å²) in [5.41, 5.74) is 1.86. The molecule has 1 saturated heterocycles. The number of benzene rings is 1. The third kappa shape index (κ3) is 3.41. The van der Waals surface area contributed by atoms with E-state index < -0.39 is 0 Å². The normalized spacial score (nSPS) is 16.0. The third-order valence-corrected chi connectivity index (χ3v) is 5.55. The van der Waals surface area contributed by atoms with Crippen molar-refractivity contribution >= 4 is 17.2 Å². The van der Waals surface area contributed by atoms with Crippen molar-refractivity contribution in [3.63, 3.8) is 0 Å². The van der Waals surface area contributed by atoms with Crippen LogP contribution in [-0.2, 0) is 6.54 Å². The van der Waals surface area contributed by atoms with Crippen molar-refractivity contribution < 1.29 is 4.42 Å². The highest BCUT2D eigenvalue weighted by atomic mass is 35.5. The van der Waals surface area contributed by atoms with Crippen LogP contribution in [0.1, 0.15) is 30.5 Å². The van der Waals surface area contributed by atoms with Gasteiger partial charge in [0, 0.05) is 22.7 Å². The summed E-state index contributed by atoms with van der Waals surface area (Å²) in [5.74, 6) is 2.98. The fourth-order valence-electron chi connectivity index (χ4n) is 3.84. The van der Waals surface area contributed by atoms with Crippen molar-refractivity contribution in [2.24, 2.45) is 0 Å². The van der Waals surface area contributed by atoms with Crippen LogP contribution in [0.5, 0.6) is 0 Å². The zero-order chi connectivity index (χ0) is 18.9. The van der Waals surface area contributed by atoms with E-state index in [1.54, 1.807) is 6.20 Å². The molecule has 4 heterocycles. The van der Waals surface area contributed by atoms with Crippen LogP contribution in [0.2, 0.25) is 5.02 Å². The number of fused-ring (bicyclic) bond motifs is 1. The van der Waals surface area contributed by atoms with Crippen LogP contribution in [0.3, 0.4) is 0 Å². The van der Waals surface area contributed by atoms with Gasteiger partial charge in [-0.3, -0.25) is 9.30 Å². The molecule has 0 aliphatic carbocycles. The molecule has 7 heteroatoms. The molecule has 4 aromatic rings. The lowest BCUT2D eigenvalue weighted by atomic mass is 9.96. The first kappa shape index (κ1) is 17.4. The number of hydrogen-bond acceptors (Lipinski definition) is 5. The third-order valence-electron chi connectivity index (χ3n) is 5.31. The summed E-state index contributed by atoms with van der Waals surface area (Å²) in [4.78, 5) is 6.83. The first-order valence-corrected chi connectivity index (χ1v) is 9.87. The van der Waals surface area contributed by atoms with E-state index in [1.165, 1.54) is 0 Å². The van der Waals surface area contributed by atoms with E-state index in [0.717, 1.165) is 54.6 Å². The number of nitrogens with zero attached hydrogens (tertiary/aromatic N) is 5. The second kappa shape index (κ2) is 7.37. The van der Waals surface area contributed by atoms with Gasteiger partial charge in [-0.2, -0.15) is 0 Å². The molecule has 3 aromatic heterocycles. The van der Waals surface area contributed by atoms with Gasteiger partial charge >= 0.3 is 0 Å². The summed E-state index contributed by atoms with van der Waals surface area (Å²) in [6.07, 6.45) is 5.92. The molecule has 0 N–H and O–H groups in total. The summed E-state index contributed by atoms with van der Waals surface area (Å²) in [6, 6.07) is 13.6. The highest BCUT2D eigenvalue weighted by Crippen LogP contribution is 2.29. The molecule has 0 radical (unpaired) electrons.